The number of rotatable bonds is 3. The second kappa shape index (κ2) is 5.11. The maximum absolute atomic E-state index is 5.18. The summed E-state index contributed by atoms with van der Waals surface area (Å²) in [6, 6.07) is 2.38. The molecule has 0 bridgehead atoms. The molecule has 0 saturated heterocycles. The van der Waals surface area contributed by atoms with Crippen LogP contribution in [0, 0.1) is 0 Å². The Kier molecular flexibility index (Phi) is 3.55. The van der Waals surface area contributed by atoms with E-state index in [9.17, 15) is 0 Å². The second-order valence-corrected chi connectivity index (χ2v) is 4.21. The monoisotopic (exact) mass is 225 g/mol. The predicted octanol–water partition coefficient (Wildman–Crippen LogP) is 1.58. The molecule has 1 heterocycles. The van der Waals surface area contributed by atoms with Crippen LogP contribution in [0.15, 0.2) is 16.9 Å². The van der Waals surface area contributed by atoms with Gasteiger partial charge in [-0.15, -0.1) is 0 Å². The minimum Gasteiger partial charge on any atom is -0.364 e. The van der Waals surface area contributed by atoms with Gasteiger partial charge in [-0.25, -0.2) is 0 Å². The van der Waals surface area contributed by atoms with Crippen molar-refractivity contribution in [2.45, 2.75) is 38.3 Å². The van der Waals surface area contributed by atoms with Crippen LogP contribution in [0.4, 0.5) is 0 Å². The molecule has 1 fully saturated rings. The summed E-state index contributed by atoms with van der Waals surface area (Å²) < 4.78 is 4.73. The first-order chi connectivity index (χ1) is 7.34. The molecule has 2 N–H and O–H groups in total. The molecule has 0 spiro atoms. The molecule has 1 saturated carbocycles. The topological polar surface area (TPSA) is 50.1 Å². The van der Waals surface area contributed by atoms with Gasteiger partial charge in [0.15, 0.2) is 5.11 Å². The molecule has 0 amide bonds. The Morgan fingerprint density at radius 3 is 3.00 bits per heavy atom. The van der Waals surface area contributed by atoms with E-state index in [1.165, 1.54) is 25.7 Å². The van der Waals surface area contributed by atoms with Crippen LogP contribution < -0.4 is 10.6 Å². The number of nitrogens with one attached hydrogen (secondary N) is 2. The van der Waals surface area contributed by atoms with E-state index >= 15 is 0 Å². The standard InChI is InChI=1S/C10H15N3OS/c15-10(12-8-3-1-2-4-8)11-7-9-5-6-14-13-9/h5-6,8H,1-4,7H2,(H2,11,12,15). The SMILES string of the molecule is S=C(NCc1ccon1)NC1CCCC1. The van der Waals surface area contributed by atoms with Gasteiger partial charge in [0.25, 0.3) is 0 Å². The Bertz CT molecular complexity index is 306. The van der Waals surface area contributed by atoms with Crippen LogP contribution in [0.5, 0.6) is 0 Å². The van der Waals surface area contributed by atoms with Crippen molar-refractivity contribution >= 4 is 17.3 Å². The zero-order valence-electron chi connectivity index (χ0n) is 8.53. The van der Waals surface area contributed by atoms with Gasteiger partial charge in [-0.2, -0.15) is 0 Å². The zero-order valence-corrected chi connectivity index (χ0v) is 9.35. The molecule has 1 aromatic rings. The first-order valence-corrected chi connectivity index (χ1v) is 5.69. The van der Waals surface area contributed by atoms with Gasteiger partial charge in [-0.05, 0) is 25.1 Å². The van der Waals surface area contributed by atoms with Gasteiger partial charge >= 0.3 is 0 Å². The van der Waals surface area contributed by atoms with E-state index in [-0.39, 0.29) is 0 Å². The molecular formula is C10H15N3OS. The van der Waals surface area contributed by atoms with Gasteiger partial charge < -0.3 is 15.2 Å². The van der Waals surface area contributed by atoms with Crippen molar-refractivity contribution in [2.24, 2.45) is 0 Å². The normalized spacial score (nSPS) is 16.5. The van der Waals surface area contributed by atoms with Gasteiger partial charge in [0, 0.05) is 12.1 Å². The Balaban J connectivity index is 1.68. The number of nitrogens with zero attached hydrogens (tertiary/aromatic N) is 1. The molecule has 0 aromatic carbocycles. The molecule has 5 heteroatoms. The molecule has 4 nitrogen and oxygen atoms in total. The summed E-state index contributed by atoms with van der Waals surface area (Å²) in [6.07, 6.45) is 6.63. The average molecular weight is 225 g/mol. The van der Waals surface area contributed by atoms with Gasteiger partial charge in [0.2, 0.25) is 0 Å². The van der Waals surface area contributed by atoms with Gasteiger partial charge in [-0.1, -0.05) is 18.0 Å². The highest BCUT2D eigenvalue weighted by molar-refractivity contribution is 7.80. The highest BCUT2D eigenvalue weighted by atomic mass is 32.1. The Morgan fingerprint density at radius 1 is 1.53 bits per heavy atom. The molecule has 1 aliphatic carbocycles. The van der Waals surface area contributed by atoms with Crippen molar-refractivity contribution in [2.75, 3.05) is 0 Å². The van der Waals surface area contributed by atoms with Crippen molar-refractivity contribution in [1.82, 2.24) is 15.8 Å². The number of thiocarbonyl (C=S) groups is 1. The molecule has 2 rings (SSSR count). The van der Waals surface area contributed by atoms with Crippen LogP contribution in [0.25, 0.3) is 0 Å². The summed E-state index contributed by atoms with van der Waals surface area (Å²) in [4.78, 5) is 0. The lowest BCUT2D eigenvalue weighted by molar-refractivity contribution is 0.410. The Hall–Kier alpha value is -1.10. The van der Waals surface area contributed by atoms with E-state index < -0.39 is 0 Å². The molecule has 82 valence electrons. The first kappa shape index (κ1) is 10.4. The smallest absolute Gasteiger partial charge is 0.166 e. The summed E-state index contributed by atoms with van der Waals surface area (Å²) in [5.74, 6) is 0. The van der Waals surface area contributed by atoms with Crippen LogP contribution in [0.2, 0.25) is 0 Å². The maximum Gasteiger partial charge on any atom is 0.166 e. The first-order valence-electron chi connectivity index (χ1n) is 5.28. The van der Waals surface area contributed by atoms with E-state index in [2.05, 4.69) is 15.8 Å². The fourth-order valence-corrected chi connectivity index (χ4v) is 2.04. The summed E-state index contributed by atoms with van der Waals surface area (Å²) >= 11 is 5.18. The van der Waals surface area contributed by atoms with Crippen LogP contribution in [-0.4, -0.2) is 16.3 Å². The fourth-order valence-electron chi connectivity index (χ4n) is 1.81. The van der Waals surface area contributed by atoms with Crippen molar-refractivity contribution in [1.29, 1.82) is 0 Å². The Morgan fingerprint density at radius 2 is 2.33 bits per heavy atom. The third kappa shape index (κ3) is 3.20. The molecule has 0 radical (unpaired) electrons. The minimum absolute atomic E-state index is 0.558. The van der Waals surface area contributed by atoms with Crippen molar-refractivity contribution in [3.63, 3.8) is 0 Å². The summed E-state index contributed by atoms with van der Waals surface area (Å²) in [5, 5.41) is 10.9. The van der Waals surface area contributed by atoms with Crippen LogP contribution in [0.1, 0.15) is 31.4 Å². The molecular weight excluding hydrogens is 210 g/mol. The largest absolute Gasteiger partial charge is 0.364 e. The van der Waals surface area contributed by atoms with E-state index in [4.69, 9.17) is 16.7 Å². The molecule has 1 aliphatic rings. The van der Waals surface area contributed by atoms with Crippen LogP contribution in [0.3, 0.4) is 0 Å². The van der Waals surface area contributed by atoms with Gasteiger partial charge in [0.1, 0.15) is 12.0 Å². The van der Waals surface area contributed by atoms with Crippen LogP contribution in [-0.2, 0) is 6.54 Å². The number of aromatic nitrogens is 1. The number of hydrogen-bond acceptors (Lipinski definition) is 3. The minimum atomic E-state index is 0.558. The summed E-state index contributed by atoms with van der Waals surface area (Å²) in [6.45, 7) is 0.620. The third-order valence-corrected chi connectivity index (χ3v) is 2.87. The van der Waals surface area contributed by atoms with E-state index in [1.807, 2.05) is 6.07 Å². The predicted molar refractivity (Wildman–Crippen MR) is 61.3 cm³/mol. The van der Waals surface area contributed by atoms with E-state index in [0.29, 0.717) is 17.7 Å². The highest BCUT2D eigenvalue weighted by Crippen LogP contribution is 2.17. The van der Waals surface area contributed by atoms with Crippen LogP contribution >= 0.6 is 12.2 Å². The molecule has 15 heavy (non-hydrogen) atoms. The van der Waals surface area contributed by atoms with Crippen molar-refractivity contribution < 1.29 is 4.52 Å². The molecule has 0 atom stereocenters. The third-order valence-electron chi connectivity index (χ3n) is 2.61. The summed E-state index contributed by atoms with van der Waals surface area (Å²) in [7, 11) is 0. The summed E-state index contributed by atoms with van der Waals surface area (Å²) in [5.41, 5.74) is 0.866. The maximum atomic E-state index is 5.18. The van der Waals surface area contributed by atoms with E-state index in [1.54, 1.807) is 6.26 Å². The van der Waals surface area contributed by atoms with Crippen molar-refractivity contribution in [3.05, 3.63) is 18.0 Å². The fraction of sp³-hybridized carbons (Fsp3) is 0.600. The number of hydrogen-bond donors (Lipinski definition) is 2. The second-order valence-electron chi connectivity index (χ2n) is 3.80. The highest BCUT2D eigenvalue weighted by Gasteiger charge is 2.15. The quantitative estimate of drug-likeness (QED) is 0.765. The molecule has 1 aromatic heterocycles. The van der Waals surface area contributed by atoms with E-state index in [0.717, 1.165) is 5.69 Å². The average Bonchev–Trinajstić information content (AvgIpc) is 2.86. The lowest BCUT2D eigenvalue weighted by Gasteiger charge is -2.14. The molecule has 0 aliphatic heterocycles. The Labute approximate surface area is 94.4 Å². The molecule has 0 unspecified atom stereocenters. The lowest BCUT2D eigenvalue weighted by atomic mass is 10.3. The van der Waals surface area contributed by atoms with Crippen molar-refractivity contribution in [3.8, 4) is 0 Å². The van der Waals surface area contributed by atoms with Gasteiger partial charge in [-0.3, -0.25) is 0 Å². The lowest BCUT2D eigenvalue weighted by Crippen LogP contribution is -2.40. The van der Waals surface area contributed by atoms with Gasteiger partial charge in [0.05, 0.1) is 6.54 Å². The zero-order chi connectivity index (χ0) is 10.5.